The van der Waals surface area contributed by atoms with Gasteiger partial charge in [0.25, 0.3) is 0 Å². The first-order valence-electron chi connectivity index (χ1n) is 6.20. The summed E-state index contributed by atoms with van der Waals surface area (Å²) < 4.78 is 33.0. The molecule has 5 nitrogen and oxygen atoms in total. The number of rotatable bonds is 6. The topological polar surface area (TPSA) is 71.3 Å². The Hall–Kier alpha value is -1.15. The van der Waals surface area contributed by atoms with E-state index in [1.807, 2.05) is 16.8 Å². The lowest BCUT2D eigenvalue weighted by molar-refractivity contribution is 0.493. The van der Waals surface area contributed by atoms with E-state index in [0.29, 0.717) is 23.6 Å². The Balaban J connectivity index is 2.29. The van der Waals surface area contributed by atoms with E-state index in [1.54, 1.807) is 32.2 Å². The molecule has 110 valence electrons. The lowest BCUT2D eigenvalue weighted by Crippen LogP contribution is -2.25. The minimum absolute atomic E-state index is 0.250. The molecule has 20 heavy (non-hydrogen) atoms. The lowest BCUT2D eigenvalue weighted by Gasteiger charge is -2.07. The molecule has 0 unspecified atom stereocenters. The van der Waals surface area contributed by atoms with Crippen molar-refractivity contribution in [3.05, 3.63) is 39.5 Å². The second kappa shape index (κ2) is 6.09. The molecule has 0 fully saturated rings. The molecule has 7 heteroatoms. The number of furan rings is 1. The summed E-state index contributed by atoms with van der Waals surface area (Å²) in [4.78, 5) is 0.250. The monoisotopic (exact) mass is 314 g/mol. The van der Waals surface area contributed by atoms with Crippen LogP contribution in [0.25, 0.3) is 0 Å². The highest BCUT2D eigenvalue weighted by Crippen LogP contribution is 2.26. The quantitative estimate of drug-likeness (QED) is 0.857. The summed E-state index contributed by atoms with van der Waals surface area (Å²) in [6, 6.07) is 1.90. The molecule has 0 spiro atoms. The molecule has 0 aromatic carbocycles. The SMILES string of the molecule is CNCc1c(C)oc(C)c1S(=O)(=O)NCc1ccsc1. The highest BCUT2D eigenvalue weighted by Gasteiger charge is 2.26. The summed E-state index contributed by atoms with van der Waals surface area (Å²) in [5.74, 6) is 1.05. The Kier molecular flexibility index (Phi) is 4.64. The van der Waals surface area contributed by atoms with E-state index >= 15 is 0 Å². The molecule has 0 aliphatic carbocycles. The Morgan fingerprint density at radius 2 is 2.00 bits per heavy atom. The van der Waals surface area contributed by atoms with Gasteiger partial charge < -0.3 is 9.73 Å². The highest BCUT2D eigenvalue weighted by molar-refractivity contribution is 7.89. The highest BCUT2D eigenvalue weighted by atomic mass is 32.2. The molecular weight excluding hydrogens is 296 g/mol. The van der Waals surface area contributed by atoms with Crippen LogP contribution in [0.3, 0.4) is 0 Å². The molecule has 0 radical (unpaired) electrons. The summed E-state index contributed by atoms with van der Waals surface area (Å²) in [5, 5.41) is 6.81. The summed E-state index contributed by atoms with van der Waals surface area (Å²) in [5.41, 5.74) is 1.63. The first kappa shape index (κ1) is 15.2. The Labute approximate surface area is 123 Å². The minimum Gasteiger partial charge on any atom is -0.465 e. The van der Waals surface area contributed by atoms with Crippen molar-refractivity contribution >= 4 is 21.4 Å². The van der Waals surface area contributed by atoms with Gasteiger partial charge in [0.05, 0.1) is 0 Å². The first-order chi connectivity index (χ1) is 9.45. The summed E-state index contributed by atoms with van der Waals surface area (Å²) in [6.07, 6.45) is 0. The van der Waals surface area contributed by atoms with Crippen LogP contribution in [0.2, 0.25) is 0 Å². The fourth-order valence-corrected chi connectivity index (χ4v) is 4.22. The van der Waals surface area contributed by atoms with Gasteiger partial charge in [0.15, 0.2) is 0 Å². The van der Waals surface area contributed by atoms with Gasteiger partial charge in [0.1, 0.15) is 16.4 Å². The minimum atomic E-state index is -3.58. The Bertz CT molecular complexity index is 673. The molecule has 0 amide bonds. The van der Waals surface area contributed by atoms with Crippen molar-refractivity contribution in [2.45, 2.75) is 31.8 Å². The number of nitrogens with one attached hydrogen (secondary N) is 2. The van der Waals surface area contributed by atoms with Crippen molar-refractivity contribution in [3.8, 4) is 0 Å². The normalized spacial score (nSPS) is 11.9. The summed E-state index contributed by atoms with van der Waals surface area (Å²) in [6.45, 7) is 4.19. The molecule has 2 heterocycles. The van der Waals surface area contributed by atoms with Gasteiger partial charge in [-0.3, -0.25) is 0 Å². The molecule has 0 bridgehead atoms. The van der Waals surface area contributed by atoms with Gasteiger partial charge in [0, 0.05) is 18.7 Å². The fraction of sp³-hybridized carbons (Fsp3) is 0.385. The molecule has 0 saturated carbocycles. The standard InChI is InChI=1S/C13H18N2O3S2/c1-9-12(7-14-3)13(10(2)18-9)20(16,17)15-6-11-4-5-19-8-11/h4-5,8,14-15H,6-7H2,1-3H3. The number of hydrogen-bond acceptors (Lipinski definition) is 5. The van der Waals surface area contributed by atoms with Crippen LogP contribution < -0.4 is 10.0 Å². The molecule has 2 rings (SSSR count). The van der Waals surface area contributed by atoms with Crippen molar-refractivity contribution in [3.63, 3.8) is 0 Å². The van der Waals surface area contributed by atoms with Gasteiger partial charge in [-0.25, -0.2) is 13.1 Å². The van der Waals surface area contributed by atoms with Gasteiger partial charge in [-0.05, 0) is 43.3 Å². The fourth-order valence-electron chi connectivity index (χ4n) is 2.09. The predicted octanol–water partition coefficient (Wildman–Crippen LogP) is 2.16. The van der Waals surface area contributed by atoms with Crippen LogP contribution in [-0.2, 0) is 23.1 Å². The van der Waals surface area contributed by atoms with E-state index in [-0.39, 0.29) is 11.4 Å². The van der Waals surface area contributed by atoms with E-state index in [0.717, 1.165) is 5.56 Å². The molecule has 0 atom stereocenters. The molecule has 0 aliphatic rings. The summed E-state index contributed by atoms with van der Waals surface area (Å²) in [7, 11) is -1.80. The molecule has 2 aromatic heterocycles. The van der Waals surface area contributed by atoms with Crippen LogP contribution in [0.15, 0.2) is 26.1 Å². The van der Waals surface area contributed by atoms with Crippen molar-refractivity contribution < 1.29 is 12.8 Å². The third kappa shape index (κ3) is 3.12. The Morgan fingerprint density at radius 3 is 2.60 bits per heavy atom. The molecule has 0 saturated heterocycles. The third-order valence-corrected chi connectivity index (χ3v) is 5.32. The van der Waals surface area contributed by atoms with Gasteiger partial charge in [-0.2, -0.15) is 11.3 Å². The van der Waals surface area contributed by atoms with E-state index in [9.17, 15) is 8.42 Å². The Morgan fingerprint density at radius 1 is 1.25 bits per heavy atom. The second-order valence-corrected chi connectivity index (χ2v) is 6.99. The number of hydrogen-bond donors (Lipinski definition) is 2. The molecule has 0 aliphatic heterocycles. The number of aryl methyl sites for hydroxylation is 2. The smallest absolute Gasteiger partial charge is 0.244 e. The van der Waals surface area contributed by atoms with Gasteiger partial charge in [-0.1, -0.05) is 0 Å². The molecule has 2 N–H and O–H groups in total. The average Bonchev–Trinajstić information content (AvgIpc) is 2.97. The predicted molar refractivity (Wildman–Crippen MR) is 79.3 cm³/mol. The number of sulfonamides is 1. The van der Waals surface area contributed by atoms with E-state index in [2.05, 4.69) is 10.0 Å². The zero-order chi connectivity index (χ0) is 14.8. The maximum Gasteiger partial charge on any atom is 0.244 e. The van der Waals surface area contributed by atoms with Crippen molar-refractivity contribution in [1.82, 2.24) is 10.0 Å². The van der Waals surface area contributed by atoms with Gasteiger partial charge >= 0.3 is 0 Å². The van der Waals surface area contributed by atoms with Crippen LogP contribution >= 0.6 is 11.3 Å². The van der Waals surface area contributed by atoms with Crippen LogP contribution in [0, 0.1) is 13.8 Å². The van der Waals surface area contributed by atoms with E-state index in [4.69, 9.17) is 4.42 Å². The maximum atomic E-state index is 12.5. The second-order valence-electron chi connectivity index (χ2n) is 4.51. The maximum absolute atomic E-state index is 12.5. The van der Waals surface area contributed by atoms with Crippen LogP contribution in [-0.4, -0.2) is 15.5 Å². The summed E-state index contributed by atoms with van der Waals surface area (Å²) >= 11 is 1.54. The molecular formula is C13H18N2O3S2. The van der Waals surface area contributed by atoms with E-state index in [1.165, 1.54) is 0 Å². The van der Waals surface area contributed by atoms with E-state index < -0.39 is 10.0 Å². The third-order valence-electron chi connectivity index (χ3n) is 2.99. The van der Waals surface area contributed by atoms with Crippen molar-refractivity contribution in [2.24, 2.45) is 0 Å². The first-order valence-corrected chi connectivity index (χ1v) is 8.62. The van der Waals surface area contributed by atoms with Gasteiger partial charge in [-0.15, -0.1) is 0 Å². The van der Waals surface area contributed by atoms with Crippen molar-refractivity contribution in [2.75, 3.05) is 7.05 Å². The zero-order valence-electron chi connectivity index (χ0n) is 11.7. The largest absolute Gasteiger partial charge is 0.465 e. The number of thiophene rings is 1. The van der Waals surface area contributed by atoms with Crippen LogP contribution in [0.5, 0.6) is 0 Å². The average molecular weight is 314 g/mol. The van der Waals surface area contributed by atoms with Gasteiger partial charge in [0.2, 0.25) is 10.0 Å². The van der Waals surface area contributed by atoms with Crippen LogP contribution in [0.1, 0.15) is 22.6 Å². The zero-order valence-corrected chi connectivity index (χ0v) is 13.3. The van der Waals surface area contributed by atoms with Crippen LogP contribution in [0.4, 0.5) is 0 Å². The molecule has 2 aromatic rings. The lowest BCUT2D eigenvalue weighted by atomic mass is 10.2. The van der Waals surface area contributed by atoms with Crippen molar-refractivity contribution in [1.29, 1.82) is 0 Å².